The van der Waals surface area contributed by atoms with Crippen molar-refractivity contribution in [3.05, 3.63) is 11.7 Å². The molecule has 1 heterocycles. The second kappa shape index (κ2) is 7.18. The van der Waals surface area contributed by atoms with Gasteiger partial charge in [0.2, 0.25) is 11.7 Å². The van der Waals surface area contributed by atoms with E-state index in [0.717, 1.165) is 31.6 Å². The molecular weight excluding hydrogens is 254 g/mol. The maximum absolute atomic E-state index is 5.81. The number of nitrogens with one attached hydrogen (secondary N) is 1. The predicted octanol–water partition coefficient (Wildman–Crippen LogP) is 3.33. The number of hydrogen-bond donors (Lipinski definition) is 1. The first-order chi connectivity index (χ1) is 9.72. The van der Waals surface area contributed by atoms with E-state index in [1.54, 1.807) is 7.11 Å². The lowest BCUT2D eigenvalue weighted by Gasteiger charge is -2.27. The Labute approximate surface area is 121 Å². The minimum absolute atomic E-state index is 0.0934. The molecule has 2 rings (SSSR count). The number of hydrogen-bond acceptors (Lipinski definition) is 5. The maximum Gasteiger partial charge on any atom is 0.243 e. The Balaban J connectivity index is 2.12. The largest absolute Gasteiger partial charge is 0.370 e. The average Bonchev–Trinajstić information content (AvgIpc) is 2.85. The van der Waals surface area contributed by atoms with E-state index in [-0.39, 0.29) is 11.6 Å². The van der Waals surface area contributed by atoms with E-state index < -0.39 is 0 Å². The van der Waals surface area contributed by atoms with Gasteiger partial charge in [0, 0.05) is 7.11 Å². The van der Waals surface area contributed by atoms with Crippen molar-refractivity contribution >= 4 is 0 Å². The van der Waals surface area contributed by atoms with Gasteiger partial charge in [-0.05, 0) is 32.7 Å². The Morgan fingerprint density at radius 2 is 2.00 bits per heavy atom. The van der Waals surface area contributed by atoms with Crippen LogP contribution < -0.4 is 5.32 Å². The van der Waals surface area contributed by atoms with Gasteiger partial charge in [-0.3, -0.25) is 0 Å². The van der Waals surface area contributed by atoms with Crippen LogP contribution in [0.1, 0.15) is 76.6 Å². The lowest BCUT2D eigenvalue weighted by molar-refractivity contribution is -0.0365. The Kier molecular flexibility index (Phi) is 5.54. The third-order valence-corrected chi connectivity index (χ3v) is 4.22. The van der Waals surface area contributed by atoms with Gasteiger partial charge in [0.1, 0.15) is 5.60 Å². The standard InChI is InChI=1S/C15H27N3O2/c1-4-11-16-12(2)13-17-14(18-20-13)15(19-3)9-7-5-6-8-10-15/h12,16H,4-11H2,1-3H3. The van der Waals surface area contributed by atoms with E-state index in [9.17, 15) is 0 Å². The van der Waals surface area contributed by atoms with Gasteiger partial charge in [0.25, 0.3) is 0 Å². The summed E-state index contributed by atoms with van der Waals surface area (Å²) in [5, 5.41) is 7.57. The third-order valence-electron chi connectivity index (χ3n) is 4.22. The molecule has 0 radical (unpaired) electrons. The van der Waals surface area contributed by atoms with Crippen molar-refractivity contribution < 1.29 is 9.26 Å². The smallest absolute Gasteiger partial charge is 0.243 e. The maximum atomic E-state index is 5.81. The van der Waals surface area contributed by atoms with Gasteiger partial charge >= 0.3 is 0 Å². The molecule has 1 aromatic rings. The number of nitrogens with zero attached hydrogens (tertiary/aromatic N) is 2. The molecule has 114 valence electrons. The monoisotopic (exact) mass is 281 g/mol. The van der Waals surface area contributed by atoms with Crippen LogP contribution in [-0.2, 0) is 10.3 Å². The lowest BCUT2D eigenvalue weighted by Crippen LogP contribution is -2.29. The highest BCUT2D eigenvalue weighted by molar-refractivity contribution is 5.04. The van der Waals surface area contributed by atoms with Crippen LogP contribution in [0.5, 0.6) is 0 Å². The van der Waals surface area contributed by atoms with Gasteiger partial charge in [-0.1, -0.05) is 37.8 Å². The normalized spacial score (nSPS) is 20.6. The molecule has 0 bridgehead atoms. The van der Waals surface area contributed by atoms with Crippen molar-refractivity contribution in [1.29, 1.82) is 0 Å². The topological polar surface area (TPSA) is 60.2 Å². The number of ether oxygens (including phenoxy) is 1. The SMILES string of the molecule is CCCNC(C)c1nc(C2(OC)CCCCCC2)no1. The molecule has 5 nitrogen and oxygen atoms in total. The summed E-state index contributed by atoms with van der Waals surface area (Å²) >= 11 is 0. The summed E-state index contributed by atoms with van der Waals surface area (Å²) < 4.78 is 11.3. The van der Waals surface area contributed by atoms with Crippen LogP contribution in [0.25, 0.3) is 0 Å². The Morgan fingerprint density at radius 3 is 2.60 bits per heavy atom. The van der Waals surface area contributed by atoms with Crippen LogP contribution in [-0.4, -0.2) is 23.8 Å². The fraction of sp³-hybridized carbons (Fsp3) is 0.867. The van der Waals surface area contributed by atoms with Crippen LogP contribution in [0.15, 0.2) is 4.52 Å². The molecule has 1 N–H and O–H groups in total. The highest BCUT2D eigenvalue weighted by Gasteiger charge is 2.37. The molecule has 1 atom stereocenters. The first kappa shape index (κ1) is 15.4. The molecule has 1 unspecified atom stereocenters. The van der Waals surface area contributed by atoms with E-state index in [1.165, 1.54) is 25.7 Å². The van der Waals surface area contributed by atoms with Crippen LogP contribution >= 0.6 is 0 Å². The summed E-state index contributed by atoms with van der Waals surface area (Å²) in [4.78, 5) is 4.61. The summed E-state index contributed by atoms with van der Waals surface area (Å²) in [5.74, 6) is 1.39. The van der Waals surface area contributed by atoms with Crippen molar-refractivity contribution in [3.8, 4) is 0 Å². The minimum atomic E-state index is -0.345. The van der Waals surface area contributed by atoms with Crippen LogP contribution in [0, 0.1) is 0 Å². The van der Waals surface area contributed by atoms with E-state index in [4.69, 9.17) is 9.26 Å². The van der Waals surface area contributed by atoms with Gasteiger partial charge in [-0.2, -0.15) is 4.98 Å². The zero-order valence-electron chi connectivity index (χ0n) is 12.9. The van der Waals surface area contributed by atoms with Gasteiger partial charge in [0.05, 0.1) is 6.04 Å². The molecular formula is C15H27N3O2. The van der Waals surface area contributed by atoms with E-state index in [2.05, 4.69) is 29.3 Å². The zero-order chi connectivity index (χ0) is 14.4. The fourth-order valence-corrected chi connectivity index (χ4v) is 2.86. The van der Waals surface area contributed by atoms with Gasteiger partial charge in [-0.25, -0.2) is 0 Å². The van der Waals surface area contributed by atoms with Gasteiger partial charge in [0.15, 0.2) is 0 Å². The Morgan fingerprint density at radius 1 is 1.30 bits per heavy atom. The summed E-state index contributed by atoms with van der Waals surface area (Å²) in [6.07, 6.45) is 7.93. The number of rotatable bonds is 6. The summed E-state index contributed by atoms with van der Waals surface area (Å²) in [5.41, 5.74) is -0.345. The Hall–Kier alpha value is -0.940. The van der Waals surface area contributed by atoms with Gasteiger partial charge < -0.3 is 14.6 Å². The minimum Gasteiger partial charge on any atom is -0.370 e. The summed E-state index contributed by atoms with van der Waals surface area (Å²) in [7, 11) is 1.76. The Bertz CT molecular complexity index is 398. The highest BCUT2D eigenvalue weighted by atomic mass is 16.5. The van der Waals surface area contributed by atoms with Crippen LogP contribution in [0.2, 0.25) is 0 Å². The van der Waals surface area contributed by atoms with Crippen LogP contribution in [0.4, 0.5) is 0 Å². The molecule has 1 aliphatic carbocycles. The zero-order valence-corrected chi connectivity index (χ0v) is 12.9. The molecule has 1 aliphatic rings. The van der Waals surface area contributed by atoms with Crippen molar-refractivity contribution in [2.75, 3.05) is 13.7 Å². The van der Waals surface area contributed by atoms with E-state index in [0.29, 0.717) is 5.89 Å². The van der Waals surface area contributed by atoms with Crippen molar-refractivity contribution in [2.24, 2.45) is 0 Å². The summed E-state index contributed by atoms with van der Waals surface area (Å²) in [6.45, 7) is 5.15. The second-order valence-electron chi connectivity index (χ2n) is 5.74. The molecule has 0 spiro atoms. The quantitative estimate of drug-likeness (QED) is 0.810. The highest BCUT2D eigenvalue weighted by Crippen LogP contribution is 2.37. The average molecular weight is 281 g/mol. The van der Waals surface area contributed by atoms with Crippen LogP contribution in [0.3, 0.4) is 0 Å². The van der Waals surface area contributed by atoms with E-state index in [1.807, 2.05) is 0 Å². The second-order valence-corrected chi connectivity index (χ2v) is 5.74. The first-order valence-electron chi connectivity index (χ1n) is 7.84. The first-order valence-corrected chi connectivity index (χ1v) is 7.84. The molecule has 1 fully saturated rings. The number of aromatic nitrogens is 2. The number of methoxy groups -OCH3 is 1. The van der Waals surface area contributed by atoms with Crippen molar-refractivity contribution in [2.45, 2.75) is 70.4 Å². The molecule has 0 aromatic carbocycles. The third kappa shape index (κ3) is 3.38. The van der Waals surface area contributed by atoms with Crippen molar-refractivity contribution in [3.63, 3.8) is 0 Å². The molecule has 0 amide bonds. The fourth-order valence-electron chi connectivity index (χ4n) is 2.86. The molecule has 0 aliphatic heterocycles. The summed E-state index contributed by atoms with van der Waals surface area (Å²) in [6, 6.07) is 0.0934. The molecule has 5 heteroatoms. The van der Waals surface area contributed by atoms with Crippen molar-refractivity contribution in [1.82, 2.24) is 15.5 Å². The molecule has 0 saturated heterocycles. The van der Waals surface area contributed by atoms with Gasteiger partial charge in [-0.15, -0.1) is 0 Å². The predicted molar refractivity (Wildman–Crippen MR) is 77.4 cm³/mol. The molecule has 20 heavy (non-hydrogen) atoms. The van der Waals surface area contributed by atoms with E-state index >= 15 is 0 Å². The lowest BCUT2D eigenvalue weighted by atomic mass is 9.93. The molecule has 1 saturated carbocycles. The molecule has 1 aromatic heterocycles.